The summed E-state index contributed by atoms with van der Waals surface area (Å²) in [5.74, 6) is -0.755. The third-order valence-corrected chi connectivity index (χ3v) is 5.60. The quantitative estimate of drug-likeness (QED) is 0.441. The molecule has 1 aliphatic carbocycles. The van der Waals surface area contributed by atoms with E-state index in [0.29, 0.717) is 17.3 Å². The largest absolute Gasteiger partial charge is 0.438 e. The predicted octanol–water partition coefficient (Wildman–Crippen LogP) is 6.33. The Balaban J connectivity index is 1.65. The lowest BCUT2D eigenvalue weighted by Gasteiger charge is -2.20. The molecule has 6 nitrogen and oxygen atoms in total. The molecule has 3 N–H and O–H groups in total. The number of hydrogen-bond donors (Lipinski definition) is 2. The van der Waals surface area contributed by atoms with Gasteiger partial charge in [-0.05, 0) is 73.2 Å². The molecule has 0 saturated carbocycles. The number of halogens is 3. The molecule has 4 rings (SSSR count). The van der Waals surface area contributed by atoms with Crippen LogP contribution in [0.25, 0.3) is 5.57 Å². The smallest absolute Gasteiger partial charge is 0.421 e. The Morgan fingerprint density at radius 3 is 2.59 bits per heavy atom. The number of nitrogens with zero attached hydrogens (tertiary/aromatic N) is 2. The highest BCUT2D eigenvalue weighted by molar-refractivity contribution is 6.00. The summed E-state index contributed by atoms with van der Waals surface area (Å²) in [5, 5.41) is 3.20. The third-order valence-electron chi connectivity index (χ3n) is 5.60. The highest BCUT2D eigenvalue weighted by Crippen LogP contribution is 2.38. The molecule has 9 heteroatoms. The average molecular weight is 468 g/mol. The number of nitrogens with two attached hydrogens (primary N) is 1. The molecule has 34 heavy (non-hydrogen) atoms. The minimum Gasteiger partial charge on any atom is -0.438 e. The van der Waals surface area contributed by atoms with E-state index < -0.39 is 23.5 Å². The Hall–Kier alpha value is -3.88. The number of primary amides is 1. The molecule has 1 amide bonds. The van der Waals surface area contributed by atoms with Crippen LogP contribution < -0.4 is 15.8 Å². The maximum absolute atomic E-state index is 13.3. The molecule has 2 heterocycles. The van der Waals surface area contributed by atoms with Gasteiger partial charge in [0.1, 0.15) is 11.3 Å². The lowest BCUT2D eigenvalue weighted by molar-refractivity contribution is -0.138. The number of pyridine rings is 2. The maximum atomic E-state index is 13.3. The van der Waals surface area contributed by atoms with Crippen molar-refractivity contribution in [3.8, 4) is 11.6 Å². The molecule has 3 aromatic rings. The second-order valence-electron chi connectivity index (χ2n) is 8.16. The zero-order chi connectivity index (χ0) is 24.3. The second-order valence-corrected chi connectivity index (χ2v) is 8.16. The van der Waals surface area contributed by atoms with Crippen molar-refractivity contribution < 1.29 is 22.7 Å². The Bertz CT molecular complexity index is 1240. The van der Waals surface area contributed by atoms with Gasteiger partial charge in [0, 0.05) is 12.4 Å². The molecule has 1 aromatic carbocycles. The van der Waals surface area contributed by atoms with E-state index >= 15 is 0 Å². The lowest BCUT2D eigenvalue weighted by Crippen LogP contribution is -2.14. The summed E-state index contributed by atoms with van der Waals surface area (Å²) < 4.78 is 45.2. The van der Waals surface area contributed by atoms with Crippen molar-refractivity contribution in [3.05, 3.63) is 77.8 Å². The number of carbonyl (C=O) groups is 1. The van der Waals surface area contributed by atoms with Crippen molar-refractivity contribution >= 4 is 22.9 Å². The number of benzene rings is 1. The van der Waals surface area contributed by atoms with Gasteiger partial charge >= 0.3 is 6.18 Å². The van der Waals surface area contributed by atoms with Gasteiger partial charge in [-0.1, -0.05) is 13.0 Å². The first-order valence-electron chi connectivity index (χ1n) is 10.8. The highest BCUT2D eigenvalue weighted by Gasteiger charge is 2.35. The molecular formula is C25H23F3N4O2. The van der Waals surface area contributed by atoms with Crippen molar-refractivity contribution in [2.24, 2.45) is 11.7 Å². The van der Waals surface area contributed by atoms with Crippen LogP contribution in [0, 0.1) is 5.92 Å². The van der Waals surface area contributed by atoms with Crippen LogP contribution in [-0.4, -0.2) is 15.9 Å². The first kappa shape index (κ1) is 23.3. The number of hydrogen-bond acceptors (Lipinski definition) is 5. The van der Waals surface area contributed by atoms with E-state index in [9.17, 15) is 18.0 Å². The first-order chi connectivity index (χ1) is 16.2. The van der Waals surface area contributed by atoms with E-state index in [1.807, 2.05) is 6.07 Å². The van der Waals surface area contributed by atoms with E-state index in [0.717, 1.165) is 36.6 Å². The molecule has 1 atom stereocenters. The molecule has 0 spiro atoms. The summed E-state index contributed by atoms with van der Waals surface area (Å²) in [4.78, 5) is 20.4. The van der Waals surface area contributed by atoms with E-state index in [1.54, 1.807) is 12.3 Å². The first-order valence-corrected chi connectivity index (χ1v) is 10.8. The molecule has 1 unspecified atom stereocenters. The number of rotatable bonds is 6. The minimum absolute atomic E-state index is 0.000985. The molecule has 2 aromatic heterocycles. The summed E-state index contributed by atoms with van der Waals surface area (Å²) >= 11 is 0. The number of anilines is 2. The van der Waals surface area contributed by atoms with Crippen LogP contribution in [0.1, 0.15) is 47.8 Å². The standard InChI is InChI=1S/C25H23F3N4O2/c1-15-6-8-16(9-7-15)22-21(5-3-12-30-22)32-20-11-10-17(14-18(20)23(29)33)34-24-19(25(26,27)28)4-2-13-31-24/h2-5,8,10-15,32H,6-7,9H2,1H3,(H2,29,33). The molecule has 0 aliphatic heterocycles. The monoisotopic (exact) mass is 468 g/mol. The predicted molar refractivity (Wildman–Crippen MR) is 123 cm³/mol. The van der Waals surface area contributed by atoms with Crippen LogP contribution in [0.4, 0.5) is 24.5 Å². The maximum Gasteiger partial charge on any atom is 0.421 e. The average Bonchev–Trinajstić information content (AvgIpc) is 2.80. The second kappa shape index (κ2) is 9.54. The van der Waals surface area contributed by atoms with Crippen LogP contribution in [-0.2, 0) is 6.18 Å². The van der Waals surface area contributed by atoms with E-state index in [-0.39, 0.29) is 11.3 Å². The summed E-state index contributed by atoms with van der Waals surface area (Å²) in [6, 6.07) is 9.93. The van der Waals surface area contributed by atoms with Gasteiger partial charge in [0.25, 0.3) is 5.91 Å². The fraction of sp³-hybridized carbons (Fsp3) is 0.240. The number of nitrogens with one attached hydrogen (secondary N) is 1. The molecule has 0 radical (unpaired) electrons. The van der Waals surface area contributed by atoms with Crippen molar-refractivity contribution in [1.82, 2.24) is 9.97 Å². The third kappa shape index (κ3) is 5.19. The Morgan fingerprint density at radius 1 is 1.12 bits per heavy atom. The summed E-state index contributed by atoms with van der Waals surface area (Å²) in [7, 11) is 0. The number of allylic oxidation sites excluding steroid dienone is 2. The van der Waals surface area contributed by atoms with Crippen LogP contribution in [0.15, 0.2) is 60.9 Å². The van der Waals surface area contributed by atoms with Crippen LogP contribution in [0.5, 0.6) is 11.6 Å². The van der Waals surface area contributed by atoms with Gasteiger partial charge in [-0.2, -0.15) is 13.2 Å². The Labute approximate surface area is 194 Å². The number of ether oxygens (including phenoxy) is 1. The summed E-state index contributed by atoms with van der Waals surface area (Å²) in [5.41, 5.74) is 7.60. The van der Waals surface area contributed by atoms with Gasteiger partial charge in [-0.15, -0.1) is 0 Å². The van der Waals surface area contributed by atoms with Gasteiger partial charge in [0.05, 0.1) is 22.6 Å². The van der Waals surface area contributed by atoms with Crippen molar-refractivity contribution in [3.63, 3.8) is 0 Å². The van der Waals surface area contributed by atoms with E-state index in [2.05, 4.69) is 28.3 Å². The van der Waals surface area contributed by atoms with Gasteiger partial charge in [0.15, 0.2) is 0 Å². The normalized spacial score (nSPS) is 16.0. The van der Waals surface area contributed by atoms with Gasteiger partial charge in [0.2, 0.25) is 5.88 Å². The molecule has 0 saturated heterocycles. The highest BCUT2D eigenvalue weighted by atomic mass is 19.4. The summed E-state index contributed by atoms with van der Waals surface area (Å²) in [6.07, 6.45) is 3.37. The van der Waals surface area contributed by atoms with Gasteiger partial charge in [-0.25, -0.2) is 4.98 Å². The van der Waals surface area contributed by atoms with Crippen LogP contribution in [0.3, 0.4) is 0 Å². The molecule has 0 fully saturated rings. The lowest BCUT2D eigenvalue weighted by atomic mass is 9.89. The molecular weight excluding hydrogens is 445 g/mol. The SMILES string of the molecule is CC1CC=C(c2ncccc2Nc2ccc(Oc3ncccc3C(F)(F)F)cc2C(N)=O)CC1. The van der Waals surface area contributed by atoms with Crippen LogP contribution >= 0.6 is 0 Å². The van der Waals surface area contributed by atoms with E-state index in [1.165, 1.54) is 30.5 Å². The van der Waals surface area contributed by atoms with Crippen molar-refractivity contribution in [1.29, 1.82) is 0 Å². The van der Waals surface area contributed by atoms with Crippen LogP contribution in [0.2, 0.25) is 0 Å². The Morgan fingerprint density at radius 2 is 1.88 bits per heavy atom. The fourth-order valence-electron chi connectivity index (χ4n) is 3.79. The topological polar surface area (TPSA) is 90.1 Å². The Kier molecular flexibility index (Phi) is 6.54. The van der Waals surface area contributed by atoms with Crippen molar-refractivity contribution in [2.75, 3.05) is 5.32 Å². The fourth-order valence-corrected chi connectivity index (χ4v) is 3.79. The number of aromatic nitrogens is 2. The summed E-state index contributed by atoms with van der Waals surface area (Å²) in [6.45, 7) is 2.20. The molecule has 176 valence electrons. The zero-order valence-electron chi connectivity index (χ0n) is 18.4. The van der Waals surface area contributed by atoms with Gasteiger partial charge in [-0.3, -0.25) is 9.78 Å². The molecule has 0 bridgehead atoms. The minimum atomic E-state index is -4.64. The number of alkyl halides is 3. The zero-order valence-corrected chi connectivity index (χ0v) is 18.4. The van der Waals surface area contributed by atoms with Gasteiger partial charge < -0.3 is 15.8 Å². The van der Waals surface area contributed by atoms with E-state index in [4.69, 9.17) is 10.5 Å². The number of carbonyl (C=O) groups excluding carboxylic acids is 1. The number of amides is 1. The molecule has 1 aliphatic rings. The van der Waals surface area contributed by atoms with Crippen molar-refractivity contribution in [2.45, 2.75) is 32.4 Å².